The van der Waals surface area contributed by atoms with Crippen LogP contribution in [0.5, 0.6) is 0 Å². The molecule has 0 aromatic heterocycles. The largest absolute Gasteiger partial charge is 0.251 e. The van der Waals surface area contributed by atoms with Crippen LogP contribution in [0.1, 0.15) is 33.1 Å². The molecular weight excluding hydrogens is 127 g/mol. The molecule has 1 heteroatoms. The molecule has 0 bridgehead atoms. The minimum Gasteiger partial charge on any atom is -0.251 e. The van der Waals surface area contributed by atoms with E-state index in [4.69, 9.17) is 0 Å². The molecule has 10 heavy (non-hydrogen) atoms. The SMILES string of the molecule is CC(C)C1CC(CCF)C1. The number of rotatable bonds is 3. The molecule has 0 aromatic rings. The Kier molecular flexibility index (Phi) is 2.70. The van der Waals surface area contributed by atoms with Crippen molar-refractivity contribution in [2.24, 2.45) is 17.8 Å². The average molecular weight is 144 g/mol. The lowest BCUT2D eigenvalue weighted by Gasteiger charge is -2.37. The van der Waals surface area contributed by atoms with Gasteiger partial charge in [0.2, 0.25) is 0 Å². The van der Waals surface area contributed by atoms with Gasteiger partial charge in [-0.2, -0.15) is 0 Å². The fourth-order valence-electron chi connectivity index (χ4n) is 1.72. The van der Waals surface area contributed by atoms with Gasteiger partial charge in [-0.3, -0.25) is 4.39 Å². The summed E-state index contributed by atoms with van der Waals surface area (Å²) in [6.07, 6.45) is 3.37. The van der Waals surface area contributed by atoms with Crippen LogP contribution in [0.4, 0.5) is 4.39 Å². The van der Waals surface area contributed by atoms with Crippen molar-refractivity contribution < 1.29 is 4.39 Å². The Labute approximate surface area is 62.8 Å². The highest BCUT2D eigenvalue weighted by molar-refractivity contribution is 4.80. The smallest absolute Gasteiger partial charge is 0.0897 e. The number of alkyl halides is 1. The summed E-state index contributed by atoms with van der Waals surface area (Å²) in [6, 6.07) is 0. The van der Waals surface area contributed by atoms with Crippen LogP contribution in [-0.2, 0) is 0 Å². The summed E-state index contributed by atoms with van der Waals surface area (Å²) in [4.78, 5) is 0. The van der Waals surface area contributed by atoms with Crippen molar-refractivity contribution in [1.29, 1.82) is 0 Å². The van der Waals surface area contributed by atoms with Gasteiger partial charge in [0, 0.05) is 0 Å². The van der Waals surface area contributed by atoms with Gasteiger partial charge in [0.15, 0.2) is 0 Å². The third kappa shape index (κ3) is 1.71. The third-order valence-corrected chi connectivity index (χ3v) is 2.73. The molecule has 1 fully saturated rings. The molecule has 0 N–H and O–H groups in total. The van der Waals surface area contributed by atoms with Crippen molar-refractivity contribution in [2.75, 3.05) is 6.67 Å². The van der Waals surface area contributed by atoms with Crippen molar-refractivity contribution in [3.8, 4) is 0 Å². The van der Waals surface area contributed by atoms with Crippen LogP contribution in [0.2, 0.25) is 0 Å². The molecule has 0 saturated heterocycles. The maximum absolute atomic E-state index is 11.8. The van der Waals surface area contributed by atoms with E-state index in [0.29, 0.717) is 0 Å². The Morgan fingerprint density at radius 3 is 2.40 bits per heavy atom. The average Bonchev–Trinajstić information content (AvgIpc) is 1.76. The van der Waals surface area contributed by atoms with Crippen molar-refractivity contribution in [3.63, 3.8) is 0 Å². The van der Waals surface area contributed by atoms with Crippen molar-refractivity contribution in [1.82, 2.24) is 0 Å². The summed E-state index contributed by atoms with van der Waals surface area (Å²) in [5.74, 6) is 2.44. The van der Waals surface area contributed by atoms with Gasteiger partial charge >= 0.3 is 0 Å². The highest BCUT2D eigenvalue weighted by Gasteiger charge is 2.30. The normalized spacial score (nSPS) is 32.4. The number of hydrogen-bond donors (Lipinski definition) is 0. The predicted molar refractivity (Wildman–Crippen MR) is 41.6 cm³/mol. The summed E-state index contributed by atoms with van der Waals surface area (Å²) < 4.78 is 11.8. The molecule has 0 radical (unpaired) electrons. The first kappa shape index (κ1) is 8.03. The Bertz CT molecular complexity index is 92.9. The highest BCUT2D eigenvalue weighted by atomic mass is 19.1. The highest BCUT2D eigenvalue weighted by Crippen LogP contribution is 2.40. The molecule has 1 saturated carbocycles. The first-order valence-electron chi connectivity index (χ1n) is 4.30. The molecule has 0 amide bonds. The Hall–Kier alpha value is -0.0700. The van der Waals surface area contributed by atoms with E-state index in [1.165, 1.54) is 12.8 Å². The lowest BCUT2D eigenvalue weighted by molar-refractivity contribution is 0.126. The Morgan fingerprint density at radius 1 is 1.40 bits per heavy atom. The van der Waals surface area contributed by atoms with Gasteiger partial charge in [-0.15, -0.1) is 0 Å². The fraction of sp³-hybridized carbons (Fsp3) is 1.00. The monoisotopic (exact) mass is 144 g/mol. The summed E-state index contributed by atoms with van der Waals surface area (Å²) in [5.41, 5.74) is 0. The molecule has 1 aliphatic rings. The standard InChI is InChI=1S/C9H17F/c1-7(2)9-5-8(6-9)3-4-10/h7-9H,3-6H2,1-2H3. The van der Waals surface area contributed by atoms with Crippen LogP contribution in [0.25, 0.3) is 0 Å². The molecule has 1 aliphatic carbocycles. The van der Waals surface area contributed by atoms with Crippen LogP contribution in [-0.4, -0.2) is 6.67 Å². The quantitative estimate of drug-likeness (QED) is 0.571. The van der Waals surface area contributed by atoms with Gasteiger partial charge in [0.1, 0.15) is 0 Å². The molecule has 1 rings (SSSR count). The molecular formula is C9H17F. The molecule has 0 spiro atoms. The minimum absolute atomic E-state index is 0.116. The second kappa shape index (κ2) is 3.36. The summed E-state index contributed by atoms with van der Waals surface area (Å²) in [6.45, 7) is 4.40. The minimum atomic E-state index is -0.116. The van der Waals surface area contributed by atoms with Crippen LogP contribution < -0.4 is 0 Å². The topological polar surface area (TPSA) is 0 Å². The van der Waals surface area contributed by atoms with Crippen LogP contribution in [0.15, 0.2) is 0 Å². The molecule has 0 atom stereocenters. The van der Waals surface area contributed by atoms with Gasteiger partial charge in [-0.1, -0.05) is 13.8 Å². The van der Waals surface area contributed by atoms with E-state index in [9.17, 15) is 4.39 Å². The van der Waals surface area contributed by atoms with E-state index >= 15 is 0 Å². The lowest BCUT2D eigenvalue weighted by Crippen LogP contribution is -2.27. The summed E-state index contributed by atoms with van der Waals surface area (Å²) >= 11 is 0. The zero-order valence-electron chi connectivity index (χ0n) is 6.94. The number of halogens is 1. The lowest BCUT2D eigenvalue weighted by atomic mass is 9.68. The van der Waals surface area contributed by atoms with E-state index in [2.05, 4.69) is 13.8 Å². The van der Waals surface area contributed by atoms with E-state index in [1.54, 1.807) is 0 Å². The van der Waals surface area contributed by atoms with Gasteiger partial charge in [0.25, 0.3) is 0 Å². The fourth-order valence-corrected chi connectivity index (χ4v) is 1.72. The first-order valence-corrected chi connectivity index (χ1v) is 4.30. The summed E-state index contributed by atoms with van der Waals surface area (Å²) in [7, 11) is 0. The maximum atomic E-state index is 11.8. The molecule has 60 valence electrons. The molecule has 0 aliphatic heterocycles. The zero-order valence-corrected chi connectivity index (χ0v) is 6.94. The summed E-state index contributed by atoms with van der Waals surface area (Å²) in [5, 5.41) is 0. The van der Waals surface area contributed by atoms with Crippen LogP contribution in [0, 0.1) is 17.8 Å². The molecule has 0 heterocycles. The van der Waals surface area contributed by atoms with Crippen LogP contribution in [0.3, 0.4) is 0 Å². The van der Waals surface area contributed by atoms with Gasteiger partial charge < -0.3 is 0 Å². The first-order chi connectivity index (χ1) is 4.74. The second-order valence-electron chi connectivity index (χ2n) is 3.82. The second-order valence-corrected chi connectivity index (χ2v) is 3.82. The van der Waals surface area contributed by atoms with E-state index in [0.717, 1.165) is 24.2 Å². The molecule has 0 aromatic carbocycles. The number of hydrogen-bond acceptors (Lipinski definition) is 0. The maximum Gasteiger partial charge on any atom is 0.0897 e. The zero-order chi connectivity index (χ0) is 7.56. The van der Waals surface area contributed by atoms with Gasteiger partial charge in [-0.25, -0.2) is 0 Å². The van der Waals surface area contributed by atoms with Gasteiger partial charge in [-0.05, 0) is 37.0 Å². The van der Waals surface area contributed by atoms with E-state index in [1.807, 2.05) is 0 Å². The van der Waals surface area contributed by atoms with Crippen LogP contribution >= 0.6 is 0 Å². The van der Waals surface area contributed by atoms with E-state index < -0.39 is 0 Å². The van der Waals surface area contributed by atoms with Crippen molar-refractivity contribution >= 4 is 0 Å². The Balaban J connectivity index is 2.06. The van der Waals surface area contributed by atoms with Gasteiger partial charge in [0.05, 0.1) is 6.67 Å². The van der Waals surface area contributed by atoms with Crippen molar-refractivity contribution in [3.05, 3.63) is 0 Å². The molecule has 0 unspecified atom stereocenters. The molecule has 0 nitrogen and oxygen atoms in total. The third-order valence-electron chi connectivity index (χ3n) is 2.73. The Morgan fingerprint density at radius 2 is 2.00 bits per heavy atom. The van der Waals surface area contributed by atoms with E-state index in [-0.39, 0.29) is 6.67 Å². The predicted octanol–water partition coefficient (Wildman–Crippen LogP) is 3.03. The van der Waals surface area contributed by atoms with Crippen molar-refractivity contribution in [2.45, 2.75) is 33.1 Å².